The number of rotatable bonds is 3. The zero-order valence-corrected chi connectivity index (χ0v) is 9.63. The van der Waals surface area contributed by atoms with E-state index in [0.29, 0.717) is 19.3 Å². The van der Waals surface area contributed by atoms with Gasteiger partial charge in [0.2, 0.25) is 12.3 Å². The summed E-state index contributed by atoms with van der Waals surface area (Å²) in [6.07, 6.45) is 1.81. The second kappa shape index (κ2) is 4.86. The Morgan fingerprint density at radius 2 is 2.07 bits per heavy atom. The molecule has 0 radical (unpaired) electrons. The van der Waals surface area contributed by atoms with Crippen molar-refractivity contribution in [3.63, 3.8) is 0 Å². The summed E-state index contributed by atoms with van der Waals surface area (Å²) in [6.45, 7) is 1.57. The number of hydrogen-bond acceptors (Lipinski definition) is 4. The molecule has 0 unspecified atom stereocenters. The van der Waals surface area contributed by atoms with E-state index in [1.807, 2.05) is 3.93 Å². The molecule has 0 aliphatic carbocycles. The van der Waals surface area contributed by atoms with Gasteiger partial charge < -0.3 is 5.32 Å². The minimum Gasteiger partial charge on any atom is -0.306 e. The lowest BCUT2D eigenvalue weighted by Crippen LogP contribution is -2.59. The standard InChI is InChI=1S/C8H14BrN3O2/c1-10-8(7(14)11-6-13)2-4-12(9)5-3-8/h6,10H,2-5H2,1H3,(H,11,13,14). The molecule has 0 aromatic heterocycles. The lowest BCUT2D eigenvalue weighted by Gasteiger charge is -2.37. The maximum absolute atomic E-state index is 11.6. The molecule has 0 atom stereocenters. The third-order valence-corrected chi connectivity index (χ3v) is 3.37. The van der Waals surface area contributed by atoms with Crippen LogP contribution in [0.25, 0.3) is 0 Å². The summed E-state index contributed by atoms with van der Waals surface area (Å²) in [5, 5.41) is 5.21. The molecule has 2 N–H and O–H groups in total. The van der Waals surface area contributed by atoms with Crippen LogP contribution >= 0.6 is 16.1 Å². The van der Waals surface area contributed by atoms with Crippen molar-refractivity contribution in [2.75, 3.05) is 20.1 Å². The number of carbonyl (C=O) groups is 2. The van der Waals surface area contributed by atoms with Gasteiger partial charge in [-0.05, 0) is 19.9 Å². The predicted molar refractivity (Wildman–Crippen MR) is 55.7 cm³/mol. The molecule has 0 bridgehead atoms. The van der Waals surface area contributed by atoms with Crippen molar-refractivity contribution < 1.29 is 9.59 Å². The molecular formula is C8H14BrN3O2. The van der Waals surface area contributed by atoms with E-state index in [1.54, 1.807) is 7.05 Å². The summed E-state index contributed by atoms with van der Waals surface area (Å²) in [4.78, 5) is 21.8. The van der Waals surface area contributed by atoms with Crippen molar-refractivity contribution in [3.8, 4) is 0 Å². The summed E-state index contributed by atoms with van der Waals surface area (Å²) >= 11 is 3.36. The average molecular weight is 264 g/mol. The first-order valence-electron chi connectivity index (χ1n) is 4.49. The van der Waals surface area contributed by atoms with Crippen LogP contribution in [0.3, 0.4) is 0 Å². The van der Waals surface area contributed by atoms with E-state index in [9.17, 15) is 9.59 Å². The Morgan fingerprint density at radius 3 is 2.50 bits per heavy atom. The van der Waals surface area contributed by atoms with Crippen LogP contribution in [0.1, 0.15) is 12.8 Å². The van der Waals surface area contributed by atoms with Crippen molar-refractivity contribution in [2.24, 2.45) is 0 Å². The Bertz CT molecular complexity index is 227. The van der Waals surface area contributed by atoms with E-state index in [4.69, 9.17) is 0 Å². The van der Waals surface area contributed by atoms with Crippen molar-refractivity contribution >= 4 is 28.5 Å². The van der Waals surface area contributed by atoms with Gasteiger partial charge in [0.15, 0.2) is 0 Å². The second-order valence-electron chi connectivity index (χ2n) is 3.33. The molecule has 14 heavy (non-hydrogen) atoms. The van der Waals surface area contributed by atoms with Crippen LogP contribution < -0.4 is 10.6 Å². The topological polar surface area (TPSA) is 61.4 Å². The molecule has 6 heteroatoms. The molecule has 1 rings (SSSR count). The monoisotopic (exact) mass is 263 g/mol. The van der Waals surface area contributed by atoms with Gasteiger partial charge in [0.25, 0.3) is 0 Å². The van der Waals surface area contributed by atoms with E-state index >= 15 is 0 Å². The van der Waals surface area contributed by atoms with Gasteiger partial charge in [0.05, 0.1) is 0 Å². The molecule has 0 saturated carbocycles. The third kappa shape index (κ3) is 2.31. The van der Waals surface area contributed by atoms with E-state index in [1.165, 1.54) is 0 Å². The van der Waals surface area contributed by atoms with Gasteiger partial charge in [-0.3, -0.25) is 14.9 Å². The van der Waals surface area contributed by atoms with Gasteiger partial charge in [-0.1, -0.05) is 0 Å². The highest BCUT2D eigenvalue weighted by Gasteiger charge is 2.39. The quantitative estimate of drug-likeness (QED) is 0.539. The van der Waals surface area contributed by atoms with E-state index < -0.39 is 5.54 Å². The normalized spacial score (nSPS) is 21.6. The fraction of sp³-hybridized carbons (Fsp3) is 0.750. The zero-order chi connectivity index (χ0) is 10.6. The Balaban J connectivity index is 2.66. The Labute approximate surface area is 91.5 Å². The van der Waals surface area contributed by atoms with Crippen LogP contribution in [-0.4, -0.2) is 41.9 Å². The van der Waals surface area contributed by atoms with Gasteiger partial charge in [-0.25, -0.2) is 3.93 Å². The van der Waals surface area contributed by atoms with Crippen LogP contribution in [0, 0.1) is 0 Å². The van der Waals surface area contributed by atoms with E-state index in [-0.39, 0.29) is 5.91 Å². The molecule has 0 spiro atoms. The highest BCUT2D eigenvalue weighted by molar-refractivity contribution is 9.07. The number of nitrogens with zero attached hydrogens (tertiary/aromatic N) is 1. The summed E-state index contributed by atoms with van der Waals surface area (Å²) in [5.41, 5.74) is -0.592. The number of imide groups is 1. The molecule has 80 valence electrons. The molecule has 0 aromatic rings. The van der Waals surface area contributed by atoms with Crippen molar-refractivity contribution in [1.82, 2.24) is 14.6 Å². The SMILES string of the molecule is CNC1(C(=O)NC=O)CCN(Br)CC1. The van der Waals surface area contributed by atoms with Gasteiger partial charge >= 0.3 is 0 Å². The molecule has 1 aliphatic heterocycles. The maximum atomic E-state index is 11.6. The highest BCUT2D eigenvalue weighted by Crippen LogP contribution is 2.23. The predicted octanol–water partition coefficient (Wildman–Crippen LogP) is -0.377. The zero-order valence-electron chi connectivity index (χ0n) is 8.05. The minimum absolute atomic E-state index is 0.240. The second-order valence-corrected chi connectivity index (χ2v) is 4.34. The Hall–Kier alpha value is -0.460. The van der Waals surface area contributed by atoms with Crippen molar-refractivity contribution in [1.29, 1.82) is 0 Å². The van der Waals surface area contributed by atoms with Gasteiger partial charge in [-0.2, -0.15) is 0 Å². The summed E-state index contributed by atoms with van der Waals surface area (Å²) in [6, 6.07) is 0. The number of likely N-dealkylation sites (N-methyl/N-ethyl adjacent to an activating group) is 1. The average Bonchev–Trinajstić information content (AvgIpc) is 2.20. The number of halogens is 1. The smallest absolute Gasteiger partial charge is 0.246 e. The lowest BCUT2D eigenvalue weighted by molar-refractivity contribution is -0.131. The van der Waals surface area contributed by atoms with Crippen LogP contribution in [0.15, 0.2) is 0 Å². The minimum atomic E-state index is -0.592. The molecule has 1 fully saturated rings. The van der Waals surface area contributed by atoms with E-state index in [0.717, 1.165) is 13.1 Å². The third-order valence-electron chi connectivity index (χ3n) is 2.67. The van der Waals surface area contributed by atoms with Crippen LogP contribution in [0.2, 0.25) is 0 Å². The molecule has 1 heterocycles. The molecular weight excluding hydrogens is 250 g/mol. The lowest BCUT2D eigenvalue weighted by atomic mass is 9.87. The summed E-state index contributed by atoms with van der Waals surface area (Å²) in [5.74, 6) is -0.240. The number of carbonyl (C=O) groups excluding carboxylic acids is 2. The fourth-order valence-corrected chi connectivity index (χ4v) is 2.00. The fourth-order valence-electron chi connectivity index (χ4n) is 1.64. The Kier molecular flexibility index (Phi) is 4.03. The largest absolute Gasteiger partial charge is 0.306 e. The molecule has 0 aromatic carbocycles. The molecule has 2 amide bonds. The van der Waals surface area contributed by atoms with Crippen molar-refractivity contribution in [3.05, 3.63) is 0 Å². The molecule has 1 saturated heterocycles. The first kappa shape index (κ1) is 11.6. The summed E-state index contributed by atoms with van der Waals surface area (Å²) in [7, 11) is 1.74. The van der Waals surface area contributed by atoms with Crippen molar-refractivity contribution in [2.45, 2.75) is 18.4 Å². The maximum Gasteiger partial charge on any atom is 0.246 e. The molecule has 1 aliphatic rings. The molecule has 5 nitrogen and oxygen atoms in total. The number of piperidine rings is 1. The van der Waals surface area contributed by atoms with E-state index in [2.05, 4.69) is 26.8 Å². The van der Waals surface area contributed by atoms with Gasteiger partial charge in [0.1, 0.15) is 5.54 Å². The number of nitrogens with one attached hydrogen (secondary N) is 2. The first-order valence-corrected chi connectivity index (χ1v) is 5.20. The van der Waals surface area contributed by atoms with Gasteiger partial charge in [-0.15, -0.1) is 0 Å². The van der Waals surface area contributed by atoms with Crippen LogP contribution in [0.5, 0.6) is 0 Å². The number of amides is 2. The first-order chi connectivity index (χ1) is 6.64. The van der Waals surface area contributed by atoms with Crippen LogP contribution in [-0.2, 0) is 9.59 Å². The Morgan fingerprint density at radius 1 is 1.50 bits per heavy atom. The number of hydrogen-bond donors (Lipinski definition) is 2. The summed E-state index contributed by atoms with van der Waals surface area (Å²) < 4.78 is 1.98. The van der Waals surface area contributed by atoms with Crippen LogP contribution in [0.4, 0.5) is 0 Å². The highest BCUT2D eigenvalue weighted by atomic mass is 79.9. The van der Waals surface area contributed by atoms with Gasteiger partial charge in [0, 0.05) is 29.2 Å².